The van der Waals surface area contributed by atoms with E-state index in [1.165, 1.54) is 0 Å². The fourth-order valence-corrected chi connectivity index (χ4v) is 3.12. The quantitative estimate of drug-likeness (QED) is 0.187. The van der Waals surface area contributed by atoms with E-state index in [2.05, 4.69) is 5.92 Å². The van der Waals surface area contributed by atoms with Crippen LogP contribution in [0.15, 0.2) is 24.3 Å². The van der Waals surface area contributed by atoms with Gasteiger partial charge in [0, 0.05) is 17.2 Å². The average Bonchev–Trinajstić information content (AvgIpc) is 2.77. The predicted molar refractivity (Wildman–Crippen MR) is 121 cm³/mol. The maximum atomic E-state index is 14.7. The van der Waals surface area contributed by atoms with E-state index in [1.54, 1.807) is 20.8 Å². The molecule has 0 unspecified atom stereocenters. The van der Waals surface area contributed by atoms with E-state index in [0.29, 0.717) is 0 Å². The fourth-order valence-electron chi connectivity index (χ4n) is 3.04. The van der Waals surface area contributed by atoms with Crippen LogP contribution in [0.25, 0.3) is 0 Å². The van der Waals surface area contributed by atoms with Crippen molar-refractivity contribution in [2.75, 3.05) is 32.3 Å². The Kier molecular flexibility index (Phi) is 10.0. The Morgan fingerprint density at radius 1 is 0.912 bits per heavy atom. The molecule has 0 aliphatic carbocycles. The Labute approximate surface area is 201 Å². The number of terminal acetylenes is 1. The summed E-state index contributed by atoms with van der Waals surface area (Å²) in [6.07, 6.45) is 3.87. The van der Waals surface area contributed by atoms with Gasteiger partial charge in [0.1, 0.15) is 19.3 Å². The van der Waals surface area contributed by atoms with Gasteiger partial charge in [0.25, 0.3) is 0 Å². The number of aliphatic hydroxyl groups is 1. The number of benzene rings is 2. The number of hydrogen-bond donors (Lipinski definition) is 1. The number of aliphatic hydroxyl groups excluding tert-OH is 1. The maximum Gasteiger partial charge on any atom is 0.190 e. The minimum absolute atomic E-state index is 0.0234. The van der Waals surface area contributed by atoms with E-state index in [9.17, 15) is 22.7 Å². The third-order valence-electron chi connectivity index (χ3n) is 5.13. The molecule has 0 amide bonds. The second kappa shape index (κ2) is 12.3. The van der Waals surface area contributed by atoms with Gasteiger partial charge in [-0.15, -0.1) is 18.0 Å². The van der Waals surface area contributed by atoms with Gasteiger partial charge in [-0.3, -0.25) is 0 Å². The topological polar surface area (TPSA) is 47.9 Å². The van der Waals surface area contributed by atoms with Crippen LogP contribution in [0.5, 0.6) is 11.5 Å². The monoisotopic (exact) mass is 502 g/mol. The average molecular weight is 503 g/mol. The zero-order valence-electron chi connectivity index (χ0n) is 19.1. The molecule has 2 aromatic rings. The number of alkyl halides is 1. The molecule has 0 saturated heterocycles. The van der Waals surface area contributed by atoms with E-state index in [4.69, 9.17) is 32.2 Å². The Morgan fingerprint density at radius 3 is 1.76 bits per heavy atom. The number of hydrogen-bond acceptors (Lipinski definition) is 4. The van der Waals surface area contributed by atoms with Crippen LogP contribution in [0.3, 0.4) is 0 Å². The van der Waals surface area contributed by atoms with Crippen LogP contribution in [-0.4, -0.2) is 43.5 Å². The number of rotatable bonds is 12. The molecule has 186 valence electrons. The zero-order valence-corrected chi connectivity index (χ0v) is 19.9. The highest BCUT2D eigenvalue weighted by Gasteiger charge is 2.29. The van der Waals surface area contributed by atoms with Crippen molar-refractivity contribution in [3.05, 3.63) is 58.7 Å². The maximum absolute atomic E-state index is 14.7. The molecule has 0 saturated carbocycles. The molecule has 1 N–H and O–H groups in total. The lowest BCUT2D eigenvalue weighted by atomic mass is 9.78. The molecule has 0 spiro atoms. The van der Waals surface area contributed by atoms with Crippen molar-refractivity contribution in [3.8, 4) is 23.8 Å². The van der Waals surface area contributed by atoms with Gasteiger partial charge in [-0.1, -0.05) is 26.7 Å². The molecule has 0 bridgehead atoms. The highest BCUT2D eigenvalue weighted by Crippen LogP contribution is 2.37. The smallest absolute Gasteiger partial charge is 0.190 e. The van der Waals surface area contributed by atoms with E-state index in [1.807, 2.05) is 0 Å². The summed E-state index contributed by atoms with van der Waals surface area (Å²) in [5.74, 6) is -2.79. The van der Waals surface area contributed by atoms with Crippen molar-refractivity contribution in [2.45, 2.75) is 32.3 Å². The second-order valence-corrected chi connectivity index (χ2v) is 8.73. The van der Waals surface area contributed by atoms with E-state index in [-0.39, 0.29) is 42.7 Å². The fraction of sp³-hybridized carbons (Fsp3) is 0.440. The highest BCUT2D eigenvalue weighted by atomic mass is 35.5. The van der Waals surface area contributed by atoms with E-state index >= 15 is 0 Å². The predicted octanol–water partition coefficient (Wildman–Crippen LogP) is 5.21. The molecule has 9 heteroatoms. The molecular weight excluding hydrogens is 476 g/mol. The summed E-state index contributed by atoms with van der Waals surface area (Å²) in [4.78, 5) is 0. The van der Waals surface area contributed by atoms with Gasteiger partial charge in [-0.05, 0) is 35.4 Å². The van der Waals surface area contributed by atoms with Crippen LogP contribution in [0.4, 0.5) is 17.6 Å². The summed E-state index contributed by atoms with van der Waals surface area (Å²) in [5.41, 5.74) is -0.906. The molecule has 34 heavy (non-hydrogen) atoms. The van der Waals surface area contributed by atoms with Gasteiger partial charge in [0.05, 0.1) is 13.2 Å². The third-order valence-corrected chi connectivity index (χ3v) is 5.66. The van der Waals surface area contributed by atoms with Gasteiger partial charge in [0.15, 0.2) is 34.8 Å². The molecule has 0 aromatic heterocycles. The zero-order chi connectivity index (χ0) is 25.5. The standard InChI is InChI=1S/C25H27ClF4O4/c1-5-6-32-13-18(31)14-34-24-21(29)9-17(10-22(24)30)25(3,4)16-7-19(27)23(20(28)8-16)33-12-15(2)11-26/h1,7-10,15,18,31H,6,11-14H2,2-4H3/t15-,18-/m1/s1. The van der Waals surface area contributed by atoms with Crippen LogP contribution in [0.2, 0.25) is 0 Å². The summed E-state index contributed by atoms with van der Waals surface area (Å²) in [5, 5.41) is 9.76. The van der Waals surface area contributed by atoms with Crippen LogP contribution in [-0.2, 0) is 10.2 Å². The van der Waals surface area contributed by atoms with Gasteiger partial charge < -0.3 is 19.3 Å². The molecule has 2 rings (SSSR count). The Hall–Kier alpha value is -2.47. The van der Waals surface area contributed by atoms with Crippen LogP contribution in [0, 0.1) is 41.5 Å². The summed E-state index contributed by atoms with van der Waals surface area (Å²) >= 11 is 5.69. The molecule has 0 radical (unpaired) electrons. The number of halogens is 5. The van der Waals surface area contributed by atoms with Crippen molar-refractivity contribution >= 4 is 11.6 Å². The molecule has 0 aliphatic rings. The number of ether oxygens (including phenoxy) is 3. The molecule has 2 atom stereocenters. The second-order valence-electron chi connectivity index (χ2n) is 8.42. The van der Waals surface area contributed by atoms with Crippen molar-refractivity contribution in [3.63, 3.8) is 0 Å². The normalized spacial score (nSPS) is 13.3. The molecular formula is C25H27ClF4O4. The molecule has 2 aromatic carbocycles. The third kappa shape index (κ3) is 7.02. The van der Waals surface area contributed by atoms with E-state index in [0.717, 1.165) is 24.3 Å². The van der Waals surface area contributed by atoms with Crippen molar-refractivity contribution in [2.24, 2.45) is 5.92 Å². The summed E-state index contributed by atoms with van der Waals surface area (Å²) < 4.78 is 73.8. The highest BCUT2D eigenvalue weighted by molar-refractivity contribution is 6.18. The lowest BCUT2D eigenvalue weighted by molar-refractivity contribution is 0.0211. The van der Waals surface area contributed by atoms with Crippen molar-refractivity contribution < 1.29 is 36.9 Å². The minimum atomic E-state index is -1.17. The van der Waals surface area contributed by atoms with Gasteiger partial charge in [0.2, 0.25) is 0 Å². The Bertz CT molecular complexity index is 976. The SMILES string of the molecule is C#CCOC[C@@H](O)COc1c(F)cc(C(C)(C)c2cc(F)c(OC[C@H](C)CCl)c(F)c2)cc1F. The van der Waals surface area contributed by atoms with Crippen LogP contribution < -0.4 is 9.47 Å². The lowest BCUT2D eigenvalue weighted by Gasteiger charge is -2.27. The van der Waals surface area contributed by atoms with E-state index < -0.39 is 52.9 Å². The van der Waals surface area contributed by atoms with Crippen LogP contribution in [0.1, 0.15) is 31.9 Å². The molecule has 4 nitrogen and oxygen atoms in total. The molecule has 0 heterocycles. The first kappa shape index (κ1) is 27.8. The minimum Gasteiger partial charge on any atom is -0.487 e. The summed E-state index contributed by atoms with van der Waals surface area (Å²) in [6, 6.07) is 4.16. The van der Waals surface area contributed by atoms with Gasteiger partial charge in [-0.2, -0.15) is 0 Å². The van der Waals surface area contributed by atoms with Crippen molar-refractivity contribution in [1.29, 1.82) is 0 Å². The molecule has 0 aliphatic heterocycles. The Balaban J connectivity index is 2.24. The Morgan fingerprint density at radius 2 is 1.35 bits per heavy atom. The first-order valence-corrected chi connectivity index (χ1v) is 11.0. The largest absolute Gasteiger partial charge is 0.487 e. The summed E-state index contributed by atoms with van der Waals surface area (Å²) in [7, 11) is 0. The van der Waals surface area contributed by atoms with Gasteiger partial charge >= 0.3 is 0 Å². The first-order valence-electron chi connectivity index (χ1n) is 10.5. The van der Waals surface area contributed by atoms with Crippen LogP contribution >= 0.6 is 11.6 Å². The lowest BCUT2D eigenvalue weighted by Crippen LogP contribution is -2.24. The summed E-state index contributed by atoms with van der Waals surface area (Å²) in [6.45, 7) is 4.32. The van der Waals surface area contributed by atoms with Gasteiger partial charge in [-0.25, -0.2) is 17.6 Å². The van der Waals surface area contributed by atoms with Crippen molar-refractivity contribution in [1.82, 2.24) is 0 Å². The first-order chi connectivity index (χ1) is 16.0. The molecule has 0 fully saturated rings.